The van der Waals surface area contributed by atoms with Gasteiger partial charge in [-0.15, -0.1) is 0 Å². The van der Waals surface area contributed by atoms with E-state index < -0.39 is 0 Å². The van der Waals surface area contributed by atoms with Gasteiger partial charge in [0.25, 0.3) is 0 Å². The van der Waals surface area contributed by atoms with Gasteiger partial charge in [0, 0.05) is 49.8 Å². The van der Waals surface area contributed by atoms with E-state index in [1.807, 2.05) is 23.1 Å². The van der Waals surface area contributed by atoms with E-state index in [1.165, 1.54) is 5.69 Å². The predicted octanol–water partition coefficient (Wildman–Crippen LogP) is 2.48. The van der Waals surface area contributed by atoms with Crippen molar-refractivity contribution in [3.05, 3.63) is 59.8 Å². The van der Waals surface area contributed by atoms with Crippen molar-refractivity contribution in [2.45, 2.75) is 12.8 Å². The van der Waals surface area contributed by atoms with Crippen LogP contribution in [0.4, 0.5) is 11.5 Å². The number of anilines is 1. The van der Waals surface area contributed by atoms with Gasteiger partial charge < -0.3 is 10.2 Å². The largest absolute Gasteiger partial charge is 0.338 e. The highest BCUT2D eigenvalue weighted by atomic mass is 16.2. The van der Waals surface area contributed by atoms with Crippen molar-refractivity contribution >= 4 is 35.6 Å². The SMILES string of the molecule is O=C1CCc2cc(/C=C/C(=O)N3C[C@@H]4C[N+](c5ccccc5)=C[C@@H]4C3)cnc2N1. The lowest BCUT2D eigenvalue weighted by atomic mass is 10.0. The molecule has 4 heterocycles. The maximum Gasteiger partial charge on any atom is 0.246 e. The standard InChI is InChI=1S/C23H22N4O2/c28-21-8-7-17-10-16(11-24-23(17)25-21)6-9-22(29)27-14-18-12-26(13-19(18)15-27)20-4-2-1-3-5-20/h1-6,9-12,18-19H,7-8,13-15H2/p+1/t18-,19+/m1/s1. The van der Waals surface area contributed by atoms with Crippen LogP contribution in [0.5, 0.6) is 0 Å². The molecule has 0 unspecified atom stereocenters. The Kier molecular flexibility index (Phi) is 4.46. The Bertz CT molecular complexity index is 1030. The van der Waals surface area contributed by atoms with E-state index in [9.17, 15) is 9.59 Å². The molecular weight excluding hydrogens is 364 g/mol. The molecule has 6 heteroatoms. The number of rotatable bonds is 3. The first kappa shape index (κ1) is 17.8. The van der Waals surface area contributed by atoms with Gasteiger partial charge in [-0.2, -0.15) is 0 Å². The molecule has 0 spiro atoms. The van der Waals surface area contributed by atoms with Crippen LogP contribution in [-0.4, -0.2) is 52.1 Å². The number of hydrogen-bond donors (Lipinski definition) is 1. The summed E-state index contributed by atoms with van der Waals surface area (Å²) >= 11 is 0. The fourth-order valence-corrected chi connectivity index (χ4v) is 4.43. The summed E-state index contributed by atoms with van der Waals surface area (Å²) in [5.74, 6) is 1.59. The minimum atomic E-state index is 0.00527. The molecule has 2 atom stereocenters. The van der Waals surface area contributed by atoms with Crippen LogP contribution < -0.4 is 5.32 Å². The minimum Gasteiger partial charge on any atom is -0.338 e. The van der Waals surface area contributed by atoms with E-state index in [0.717, 1.165) is 30.8 Å². The molecule has 1 aromatic heterocycles. The predicted molar refractivity (Wildman–Crippen MR) is 111 cm³/mol. The molecule has 0 radical (unpaired) electrons. The average molecular weight is 387 g/mol. The van der Waals surface area contributed by atoms with Crippen LogP contribution in [0.2, 0.25) is 0 Å². The molecule has 0 bridgehead atoms. The summed E-state index contributed by atoms with van der Waals surface area (Å²) in [6, 6.07) is 12.4. The summed E-state index contributed by atoms with van der Waals surface area (Å²) in [7, 11) is 0. The number of aromatic nitrogens is 1. The summed E-state index contributed by atoms with van der Waals surface area (Å²) < 4.78 is 2.31. The van der Waals surface area contributed by atoms with Gasteiger partial charge in [-0.25, -0.2) is 9.56 Å². The smallest absolute Gasteiger partial charge is 0.246 e. The van der Waals surface area contributed by atoms with Crippen LogP contribution in [-0.2, 0) is 16.0 Å². The Labute approximate surface area is 169 Å². The van der Waals surface area contributed by atoms with Gasteiger partial charge in [-0.05, 0) is 29.7 Å². The maximum absolute atomic E-state index is 12.7. The maximum atomic E-state index is 12.7. The van der Waals surface area contributed by atoms with Crippen LogP contribution in [0, 0.1) is 11.8 Å². The number of pyridine rings is 1. The zero-order chi connectivity index (χ0) is 19.8. The van der Waals surface area contributed by atoms with Gasteiger partial charge in [-0.3, -0.25) is 9.59 Å². The van der Waals surface area contributed by atoms with E-state index in [1.54, 1.807) is 12.3 Å². The van der Waals surface area contributed by atoms with Crippen LogP contribution in [0.25, 0.3) is 6.08 Å². The summed E-state index contributed by atoms with van der Waals surface area (Å²) in [5, 5.41) is 2.78. The Morgan fingerprint density at radius 1 is 1.21 bits per heavy atom. The van der Waals surface area contributed by atoms with E-state index in [4.69, 9.17) is 0 Å². The van der Waals surface area contributed by atoms with Crippen LogP contribution in [0.15, 0.2) is 48.7 Å². The lowest BCUT2D eigenvalue weighted by Gasteiger charge is -2.16. The number of fused-ring (bicyclic) bond motifs is 2. The third kappa shape index (κ3) is 3.58. The second kappa shape index (κ2) is 7.28. The number of likely N-dealkylation sites (tertiary alicyclic amines) is 1. The quantitative estimate of drug-likeness (QED) is 0.650. The van der Waals surface area contributed by atoms with Gasteiger partial charge in [0.05, 0.1) is 5.92 Å². The molecule has 0 aliphatic carbocycles. The molecule has 5 rings (SSSR count). The number of para-hydroxylation sites is 1. The van der Waals surface area contributed by atoms with Crippen molar-refractivity contribution in [3.8, 4) is 0 Å². The minimum absolute atomic E-state index is 0.00527. The number of nitrogens with one attached hydrogen (secondary N) is 1. The number of nitrogens with zero attached hydrogens (tertiary/aromatic N) is 3. The van der Waals surface area contributed by atoms with Crippen molar-refractivity contribution in [3.63, 3.8) is 0 Å². The van der Waals surface area contributed by atoms with Crippen molar-refractivity contribution in [1.29, 1.82) is 0 Å². The van der Waals surface area contributed by atoms with Gasteiger partial charge >= 0.3 is 0 Å². The molecule has 146 valence electrons. The fourth-order valence-electron chi connectivity index (χ4n) is 4.43. The molecule has 3 aliphatic rings. The Morgan fingerprint density at radius 2 is 2.07 bits per heavy atom. The third-order valence-corrected chi connectivity index (χ3v) is 5.98. The number of carbonyl (C=O) groups is 2. The average Bonchev–Trinajstić information content (AvgIpc) is 3.32. The van der Waals surface area contributed by atoms with E-state index in [2.05, 4.69) is 45.4 Å². The summed E-state index contributed by atoms with van der Waals surface area (Å²) in [6.45, 7) is 2.52. The van der Waals surface area contributed by atoms with Gasteiger partial charge in [0.2, 0.25) is 17.5 Å². The number of aryl methyl sites for hydroxylation is 1. The molecule has 6 nitrogen and oxygen atoms in total. The third-order valence-electron chi connectivity index (χ3n) is 5.98. The lowest BCUT2D eigenvalue weighted by molar-refractivity contribution is -0.433. The highest BCUT2D eigenvalue weighted by Gasteiger charge is 2.42. The normalized spacial score (nSPS) is 23.0. The first-order chi connectivity index (χ1) is 14.2. The number of benzene rings is 1. The Morgan fingerprint density at radius 3 is 2.90 bits per heavy atom. The van der Waals surface area contributed by atoms with Crippen molar-refractivity contribution in [2.24, 2.45) is 11.8 Å². The molecule has 0 saturated carbocycles. The fraction of sp³-hybridized carbons (Fsp3) is 0.304. The lowest BCUT2D eigenvalue weighted by Crippen LogP contribution is -2.29. The molecule has 3 aliphatic heterocycles. The topological polar surface area (TPSA) is 65.3 Å². The van der Waals surface area contributed by atoms with Crippen LogP contribution in [0.1, 0.15) is 17.5 Å². The second-order valence-corrected chi connectivity index (χ2v) is 7.96. The van der Waals surface area contributed by atoms with Crippen molar-refractivity contribution in [2.75, 3.05) is 25.0 Å². The van der Waals surface area contributed by atoms with Gasteiger partial charge in [-0.1, -0.05) is 18.2 Å². The number of carbonyl (C=O) groups excluding carboxylic acids is 2. The Hall–Kier alpha value is -3.28. The molecule has 29 heavy (non-hydrogen) atoms. The highest BCUT2D eigenvalue weighted by molar-refractivity contribution is 5.94. The molecule has 2 aromatic rings. The molecule has 1 saturated heterocycles. The number of hydrogen-bond acceptors (Lipinski definition) is 3. The molecule has 1 aromatic carbocycles. The monoisotopic (exact) mass is 387 g/mol. The molecular formula is C23H23N4O2+. The first-order valence-electron chi connectivity index (χ1n) is 10.1. The first-order valence-corrected chi connectivity index (χ1v) is 10.1. The molecule has 1 N–H and O–H groups in total. The van der Waals surface area contributed by atoms with Gasteiger partial charge in [0.1, 0.15) is 5.82 Å². The summed E-state index contributed by atoms with van der Waals surface area (Å²) in [5.41, 5.74) is 3.12. The van der Waals surface area contributed by atoms with Crippen LogP contribution in [0.3, 0.4) is 0 Å². The van der Waals surface area contributed by atoms with E-state index >= 15 is 0 Å². The van der Waals surface area contributed by atoms with Gasteiger partial charge in [0.15, 0.2) is 12.8 Å². The van der Waals surface area contributed by atoms with Crippen molar-refractivity contribution < 1.29 is 14.2 Å². The zero-order valence-corrected chi connectivity index (χ0v) is 16.1. The number of amides is 2. The molecule has 1 fully saturated rings. The van der Waals surface area contributed by atoms with E-state index in [0.29, 0.717) is 30.5 Å². The van der Waals surface area contributed by atoms with E-state index in [-0.39, 0.29) is 11.8 Å². The zero-order valence-electron chi connectivity index (χ0n) is 16.1. The van der Waals surface area contributed by atoms with Crippen LogP contribution >= 0.6 is 0 Å². The summed E-state index contributed by atoms with van der Waals surface area (Å²) in [4.78, 5) is 30.4. The Balaban J connectivity index is 1.23. The second-order valence-electron chi connectivity index (χ2n) is 7.96. The summed E-state index contributed by atoms with van der Waals surface area (Å²) in [6.07, 6.45) is 8.60. The molecule has 2 amide bonds. The van der Waals surface area contributed by atoms with Crippen molar-refractivity contribution in [1.82, 2.24) is 9.88 Å². The highest BCUT2D eigenvalue weighted by Crippen LogP contribution is 2.30.